The van der Waals surface area contributed by atoms with Crippen LogP contribution in [0.1, 0.15) is 20.3 Å². The summed E-state index contributed by atoms with van der Waals surface area (Å²) in [6.07, 6.45) is 0.697. The van der Waals surface area contributed by atoms with Crippen molar-refractivity contribution >= 4 is 5.78 Å². The molecule has 1 aliphatic heterocycles. The Hall–Kier alpha value is -0.450. The lowest BCUT2D eigenvalue weighted by molar-refractivity contribution is -0.119. The van der Waals surface area contributed by atoms with Crippen LogP contribution in [-0.2, 0) is 4.79 Å². The molecule has 1 rings (SSSR count). The van der Waals surface area contributed by atoms with E-state index in [9.17, 15) is 4.79 Å². The molecule has 0 aromatic carbocycles. The van der Waals surface area contributed by atoms with Crippen LogP contribution in [0.15, 0.2) is 0 Å². The molecule has 0 radical (unpaired) electrons. The number of Topliss-reactive ketones (excluding diaryl/α,β-unsaturated/α-hetero) is 1. The first-order chi connectivity index (χ1) is 7.15. The van der Waals surface area contributed by atoms with E-state index in [2.05, 4.69) is 29.4 Å². The summed E-state index contributed by atoms with van der Waals surface area (Å²) in [6, 6.07) is 0.554. The molecule has 0 saturated carbocycles. The maximum absolute atomic E-state index is 11.5. The second kappa shape index (κ2) is 6.20. The van der Waals surface area contributed by atoms with E-state index in [0.717, 1.165) is 26.2 Å². The Bertz CT molecular complexity index is 206. The Labute approximate surface area is 92.4 Å². The third-order valence-corrected chi connectivity index (χ3v) is 2.95. The first-order valence-electron chi connectivity index (χ1n) is 5.80. The minimum Gasteiger partial charge on any atom is -0.318 e. The van der Waals surface area contributed by atoms with E-state index < -0.39 is 0 Å². The molecule has 88 valence electrons. The van der Waals surface area contributed by atoms with E-state index in [-0.39, 0.29) is 6.04 Å². The summed E-state index contributed by atoms with van der Waals surface area (Å²) in [6.45, 7) is 8.02. The number of hydrogen-bond acceptors (Lipinski definition) is 4. The Kier molecular flexibility index (Phi) is 5.22. The number of nitrogens with one attached hydrogen (secondary N) is 2. The van der Waals surface area contributed by atoms with Crippen molar-refractivity contribution in [3.8, 4) is 0 Å². The number of carbonyl (C=O) groups excluding carboxylic acids is 1. The molecular formula is C11H23N3O. The largest absolute Gasteiger partial charge is 0.318 e. The normalized spacial score (nSPS) is 21.9. The number of nitrogens with zero attached hydrogens (tertiary/aromatic N) is 1. The first-order valence-corrected chi connectivity index (χ1v) is 5.80. The SMILES string of the molecule is CNCCN(CC1NCCC1=O)C(C)C. The average Bonchev–Trinajstić information content (AvgIpc) is 2.58. The monoisotopic (exact) mass is 213 g/mol. The smallest absolute Gasteiger partial charge is 0.152 e. The van der Waals surface area contributed by atoms with Crippen molar-refractivity contribution in [2.45, 2.75) is 32.4 Å². The van der Waals surface area contributed by atoms with Gasteiger partial charge in [-0.2, -0.15) is 0 Å². The van der Waals surface area contributed by atoms with Gasteiger partial charge in [-0.1, -0.05) is 0 Å². The van der Waals surface area contributed by atoms with Crippen LogP contribution >= 0.6 is 0 Å². The van der Waals surface area contributed by atoms with Gasteiger partial charge < -0.3 is 10.6 Å². The quantitative estimate of drug-likeness (QED) is 0.644. The zero-order chi connectivity index (χ0) is 11.3. The number of likely N-dealkylation sites (N-methyl/N-ethyl adjacent to an activating group) is 1. The van der Waals surface area contributed by atoms with Gasteiger partial charge in [0.2, 0.25) is 0 Å². The molecule has 1 aliphatic rings. The van der Waals surface area contributed by atoms with Crippen LogP contribution in [0, 0.1) is 0 Å². The molecule has 1 heterocycles. The standard InChI is InChI=1S/C11H23N3O/c1-9(2)14(7-6-12-3)8-10-11(15)4-5-13-10/h9-10,12-13H,4-8H2,1-3H3. The van der Waals surface area contributed by atoms with Gasteiger partial charge in [0.05, 0.1) is 6.04 Å². The molecule has 1 saturated heterocycles. The van der Waals surface area contributed by atoms with Gasteiger partial charge in [-0.25, -0.2) is 0 Å². The van der Waals surface area contributed by atoms with E-state index in [1.54, 1.807) is 0 Å². The maximum Gasteiger partial charge on any atom is 0.152 e. The van der Waals surface area contributed by atoms with Crippen LogP contribution in [-0.4, -0.2) is 56.0 Å². The fourth-order valence-corrected chi connectivity index (χ4v) is 1.87. The van der Waals surface area contributed by atoms with Crippen LogP contribution < -0.4 is 10.6 Å². The van der Waals surface area contributed by atoms with Crippen LogP contribution in [0.3, 0.4) is 0 Å². The predicted octanol–water partition coefficient (Wildman–Crippen LogP) is -0.153. The van der Waals surface area contributed by atoms with E-state index >= 15 is 0 Å². The molecule has 0 aromatic heterocycles. The average molecular weight is 213 g/mol. The molecule has 1 fully saturated rings. The van der Waals surface area contributed by atoms with E-state index in [4.69, 9.17) is 0 Å². The highest BCUT2D eigenvalue weighted by Crippen LogP contribution is 2.05. The van der Waals surface area contributed by atoms with Gasteiger partial charge in [0, 0.05) is 38.6 Å². The molecule has 0 aliphatic carbocycles. The molecule has 0 aromatic rings. The summed E-state index contributed by atoms with van der Waals surface area (Å²) < 4.78 is 0. The fraction of sp³-hybridized carbons (Fsp3) is 0.909. The lowest BCUT2D eigenvalue weighted by atomic mass is 10.1. The van der Waals surface area contributed by atoms with Gasteiger partial charge in [0.15, 0.2) is 5.78 Å². The lowest BCUT2D eigenvalue weighted by Gasteiger charge is -2.28. The minimum absolute atomic E-state index is 0.0595. The van der Waals surface area contributed by atoms with Crippen LogP contribution in [0.2, 0.25) is 0 Å². The molecule has 2 N–H and O–H groups in total. The van der Waals surface area contributed by atoms with Crippen molar-refractivity contribution < 1.29 is 4.79 Å². The van der Waals surface area contributed by atoms with E-state index in [1.807, 2.05) is 7.05 Å². The number of ketones is 1. The van der Waals surface area contributed by atoms with Crippen molar-refractivity contribution in [1.82, 2.24) is 15.5 Å². The van der Waals surface area contributed by atoms with Crippen molar-refractivity contribution in [2.24, 2.45) is 0 Å². The molecule has 15 heavy (non-hydrogen) atoms. The van der Waals surface area contributed by atoms with Crippen molar-refractivity contribution in [1.29, 1.82) is 0 Å². The third kappa shape index (κ3) is 3.89. The Morgan fingerprint density at radius 1 is 1.60 bits per heavy atom. The molecule has 1 atom stereocenters. The summed E-state index contributed by atoms with van der Waals surface area (Å²) in [4.78, 5) is 13.8. The topological polar surface area (TPSA) is 44.4 Å². The fourth-order valence-electron chi connectivity index (χ4n) is 1.87. The van der Waals surface area contributed by atoms with Gasteiger partial charge >= 0.3 is 0 Å². The molecule has 0 spiro atoms. The predicted molar refractivity (Wildman–Crippen MR) is 62.1 cm³/mol. The van der Waals surface area contributed by atoms with Gasteiger partial charge in [-0.3, -0.25) is 9.69 Å². The van der Waals surface area contributed by atoms with Gasteiger partial charge in [-0.05, 0) is 20.9 Å². The summed E-state index contributed by atoms with van der Waals surface area (Å²) in [7, 11) is 1.96. The van der Waals surface area contributed by atoms with Crippen molar-refractivity contribution in [3.63, 3.8) is 0 Å². The molecule has 1 unspecified atom stereocenters. The van der Waals surface area contributed by atoms with Crippen LogP contribution in [0.25, 0.3) is 0 Å². The van der Waals surface area contributed by atoms with Crippen molar-refractivity contribution in [2.75, 3.05) is 33.2 Å². The maximum atomic E-state index is 11.5. The summed E-state index contributed by atoms with van der Waals surface area (Å²) >= 11 is 0. The second-order valence-corrected chi connectivity index (χ2v) is 4.42. The molecular weight excluding hydrogens is 190 g/mol. The Balaban J connectivity index is 2.39. The molecule has 4 heteroatoms. The summed E-state index contributed by atoms with van der Waals surface area (Å²) in [5.74, 6) is 0.366. The summed E-state index contributed by atoms with van der Waals surface area (Å²) in [5.41, 5.74) is 0. The zero-order valence-electron chi connectivity index (χ0n) is 10.0. The van der Waals surface area contributed by atoms with E-state index in [0.29, 0.717) is 18.2 Å². The second-order valence-electron chi connectivity index (χ2n) is 4.42. The third-order valence-electron chi connectivity index (χ3n) is 2.95. The van der Waals surface area contributed by atoms with E-state index in [1.165, 1.54) is 0 Å². The number of carbonyl (C=O) groups is 1. The van der Waals surface area contributed by atoms with Gasteiger partial charge in [-0.15, -0.1) is 0 Å². The lowest BCUT2D eigenvalue weighted by Crippen LogP contribution is -2.46. The van der Waals surface area contributed by atoms with Crippen molar-refractivity contribution in [3.05, 3.63) is 0 Å². The first kappa shape index (κ1) is 12.6. The van der Waals surface area contributed by atoms with Crippen LogP contribution in [0.4, 0.5) is 0 Å². The Morgan fingerprint density at radius 2 is 2.33 bits per heavy atom. The highest BCUT2D eigenvalue weighted by atomic mass is 16.1. The molecule has 4 nitrogen and oxygen atoms in total. The van der Waals surface area contributed by atoms with Crippen LogP contribution in [0.5, 0.6) is 0 Å². The zero-order valence-corrected chi connectivity index (χ0v) is 10.0. The molecule has 0 amide bonds. The number of rotatable bonds is 6. The highest BCUT2D eigenvalue weighted by molar-refractivity contribution is 5.86. The highest BCUT2D eigenvalue weighted by Gasteiger charge is 2.26. The number of hydrogen-bond donors (Lipinski definition) is 2. The van der Waals surface area contributed by atoms with Gasteiger partial charge in [0.1, 0.15) is 0 Å². The minimum atomic E-state index is 0.0595. The summed E-state index contributed by atoms with van der Waals surface area (Å²) in [5, 5.41) is 6.40. The molecule has 0 bridgehead atoms. The van der Waals surface area contributed by atoms with Gasteiger partial charge in [0.25, 0.3) is 0 Å². The Morgan fingerprint density at radius 3 is 2.80 bits per heavy atom.